The molecule has 0 radical (unpaired) electrons. The molecule has 1 aromatic rings. The number of carbonyl (C=O) groups is 1. The molecule has 0 N–H and O–H groups in total. The Labute approximate surface area is 76.7 Å². The van der Waals surface area contributed by atoms with Gasteiger partial charge in [0.15, 0.2) is 12.4 Å². The van der Waals surface area contributed by atoms with Gasteiger partial charge in [-0.1, -0.05) is 0 Å². The van der Waals surface area contributed by atoms with Crippen molar-refractivity contribution in [3.8, 4) is 5.75 Å². The van der Waals surface area contributed by atoms with Crippen LogP contribution in [0.1, 0.15) is 0 Å². The van der Waals surface area contributed by atoms with Gasteiger partial charge in [-0.3, -0.25) is 0 Å². The molecule has 70 valence electrons. The van der Waals surface area contributed by atoms with Gasteiger partial charge in [0, 0.05) is 12.1 Å². The molecule has 4 nitrogen and oxygen atoms in total. The molecule has 4 heteroatoms. The second-order valence-corrected chi connectivity index (χ2v) is 2.49. The van der Waals surface area contributed by atoms with Gasteiger partial charge < -0.3 is 9.47 Å². The first kappa shape index (κ1) is 9.51. The molecular weight excluding hydrogens is 170 g/mol. The number of hydrogen-bond donors (Lipinski definition) is 0. The predicted molar refractivity (Wildman–Crippen MR) is 45.2 cm³/mol. The van der Waals surface area contributed by atoms with Crippen molar-refractivity contribution in [3.63, 3.8) is 0 Å². The van der Waals surface area contributed by atoms with Gasteiger partial charge in [-0.25, -0.2) is 4.79 Å². The lowest BCUT2D eigenvalue weighted by Gasteiger charge is -1.97. The second-order valence-electron chi connectivity index (χ2n) is 2.49. The monoisotopic (exact) mass is 182 g/mol. The molecule has 13 heavy (non-hydrogen) atoms. The average Bonchev–Trinajstić information content (AvgIpc) is 2.19. The Balaban J connectivity index is 2.64. The zero-order chi connectivity index (χ0) is 9.68. The largest absolute Gasteiger partial charge is 0.496 e. The van der Waals surface area contributed by atoms with Crippen molar-refractivity contribution in [1.82, 2.24) is 0 Å². The molecule has 0 spiro atoms. The summed E-state index contributed by atoms with van der Waals surface area (Å²) in [4.78, 5) is 10.9. The molecule has 0 aliphatic rings. The van der Waals surface area contributed by atoms with Crippen molar-refractivity contribution in [3.05, 3.63) is 24.5 Å². The third-order valence-electron chi connectivity index (χ3n) is 1.64. The molecule has 0 bridgehead atoms. The minimum absolute atomic E-state index is 0.223. The zero-order valence-corrected chi connectivity index (χ0v) is 7.69. The average molecular weight is 182 g/mol. The van der Waals surface area contributed by atoms with Crippen LogP contribution in [-0.2, 0) is 16.1 Å². The second kappa shape index (κ2) is 4.45. The number of nitrogens with zero attached hydrogens (tertiary/aromatic N) is 1. The summed E-state index contributed by atoms with van der Waals surface area (Å²) >= 11 is 0. The summed E-state index contributed by atoms with van der Waals surface area (Å²) in [6.45, 7) is 0.223. The minimum Gasteiger partial charge on any atom is -0.496 e. The van der Waals surface area contributed by atoms with E-state index in [2.05, 4.69) is 4.74 Å². The van der Waals surface area contributed by atoms with Gasteiger partial charge in [0.05, 0.1) is 14.2 Å². The third-order valence-corrected chi connectivity index (χ3v) is 1.64. The van der Waals surface area contributed by atoms with Crippen LogP contribution in [-0.4, -0.2) is 20.2 Å². The van der Waals surface area contributed by atoms with Gasteiger partial charge in [0.25, 0.3) is 0 Å². The Morgan fingerprint density at radius 3 is 2.46 bits per heavy atom. The number of esters is 1. The number of rotatable bonds is 3. The highest BCUT2D eigenvalue weighted by Gasteiger charge is 2.08. The maximum absolute atomic E-state index is 10.9. The van der Waals surface area contributed by atoms with Crippen molar-refractivity contribution in [1.29, 1.82) is 0 Å². The van der Waals surface area contributed by atoms with Crippen LogP contribution in [0.15, 0.2) is 24.5 Å². The molecular formula is C9H12NO3+. The van der Waals surface area contributed by atoms with Crippen LogP contribution >= 0.6 is 0 Å². The normalized spacial score (nSPS) is 9.38. The van der Waals surface area contributed by atoms with Crippen LogP contribution in [0, 0.1) is 0 Å². The first-order valence-corrected chi connectivity index (χ1v) is 3.86. The molecule has 0 aliphatic carbocycles. The minimum atomic E-state index is -0.268. The van der Waals surface area contributed by atoms with E-state index < -0.39 is 0 Å². The summed E-state index contributed by atoms with van der Waals surface area (Å²) < 4.78 is 11.2. The van der Waals surface area contributed by atoms with Crippen LogP contribution < -0.4 is 9.30 Å². The molecule has 0 aromatic carbocycles. The highest BCUT2D eigenvalue weighted by Crippen LogP contribution is 2.03. The Morgan fingerprint density at radius 2 is 2.00 bits per heavy atom. The summed E-state index contributed by atoms with van der Waals surface area (Å²) in [6.07, 6.45) is 3.52. The molecule has 1 aromatic heterocycles. The third kappa shape index (κ3) is 2.74. The molecule has 0 fully saturated rings. The fourth-order valence-electron chi connectivity index (χ4n) is 0.899. The van der Waals surface area contributed by atoms with Crippen molar-refractivity contribution >= 4 is 5.97 Å². The molecule has 1 rings (SSSR count). The van der Waals surface area contributed by atoms with E-state index in [1.54, 1.807) is 36.2 Å². The first-order chi connectivity index (χ1) is 6.26. The fourth-order valence-corrected chi connectivity index (χ4v) is 0.899. The number of aromatic nitrogens is 1. The fraction of sp³-hybridized carbons (Fsp3) is 0.333. The van der Waals surface area contributed by atoms with Gasteiger partial charge in [0.1, 0.15) is 5.75 Å². The van der Waals surface area contributed by atoms with Crippen molar-refractivity contribution in [2.75, 3.05) is 14.2 Å². The SMILES string of the molecule is COC(=O)C[n+]1ccc(OC)cc1. The predicted octanol–water partition coefficient (Wildman–Crippen LogP) is 0.156. The van der Waals surface area contributed by atoms with Crippen LogP contribution in [0.5, 0.6) is 5.75 Å². The van der Waals surface area contributed by atoms with Gasteiger partial charge in [-0.15, -0.1) is 0 Å². The van der Waals surface area contributed by atoms with Gasteiger partial charge >= 0.3 is 5.97 Å². The standard InChI is InChI=1S/C9H12NO3/c1-12-8-3-5-10(6-4-8)7-9(11)13-2/h3-6H,7H2,1-2H3/q+1. The number of pyridine rings is 1. The van der Waals surface area contributed by atoms with E-state index >= 15 is 0 Å². The number of methoxy groups -OCH3 is 2. The summed E-state index contributed by atoms with van der Waals surface area (Å²) in [7, 11) is 2.96. The van der Waals surface area contributed by atoms with Crippen LogP contribution in [0.3, 0.4) is 0 Å². The molecule has 0 unspecified atom stereocenters. The molecule has 0 amide bonds. The summed E-state index contributed by atoms with van der Waals surface area (Å²) in [5.74, 6) is 0.497. The molecule has 1 heterocycles. The van der Waals surface area contributed by atoms with E-state index in [9.17, 15) is 4.79 Å². The maximum Gasteiger partial charge on any atom is 0.372 e. The van der Waals surface area contributed by atoms with Gasteiger partial charge in [-0.05, 0) is 0 Å². The van der Waals surface area contributed by atoms with E-state index in [4.69, 9.17) is 4.74 Å². The summed E-state index contributed by atoms with van der Waals surface area (Å²) in [5.41, 5.74) is 0. The van der Waals surface area contributed by atoms with Crippen LogP contribution in [0.2, 0.25) is 0 Å². The van der Waals surface area contributed by atoms with Gasteiger partial charge in [-0.2, -0.15) is 4.57 Å². The lowest BCUT2D eigenvalue weighted by molar-refractivity contribution is -0.685. The van der Waals surface area contributed by atoms with Crippen LogP contribution in [0.4, 0.5) is 0 Å². The summed E-state index contributed by atoms with van der Waals surface area (Å²) in [5, 5.41) is 0. The smallest absolute Gasteiger partial charge is 0.372 e. The topological polar surface area (TPSA) is 39.4 Å². The molecule has 0 atom stereocenters. The Hall–Kier alpha value is -1.58. The molecule has 0 saturated carbocycles. The highest BCUT2D eigenvalue weighted by atomic mass is 16.5. The quantitative estimate of drug-likeness (QED) is 0.493. The van der Waals surface area contributed by atoms with E-state index in [0.717, 1.165) is 5.75 Å². The zero-order valence-electron chi connectivity index (χ0n) is 7.69. The van der Waals surface area contributed by atoms with E-state index in [-0.39, 0.29) is 12.5 Å². The van der Waals surface area contributed by atoms with E-state index in [0.29, 0.717) is 0 Å². The number of ether oxygens (including phenoxy) is 2. The van der Waals surface area contributed by atoms with Crippen molar-refractivity contribution < 1.29 is 18.8 Å². The molecule has 0 aliphatic heterocycles. The highest BCUT2D eigenvalue weighted by molar-refractivity contribution is 5.67. The van der Waals surface area contributed by atoms with E-state index in [1.807, 2.05) is 0 Å². The maximum atomic E-state index is 10.9. The van der Waals surface area contributed by atoms with Crippen LogP contribution in [0.25, 0.3) is 0 Å². The Morgan fingerprint density at radius 1 is 1.38 bits per heavy atom. The lowest BCUT2D eigenvalue weighted by Crippen LogP contribution is -2.37. The number of hydrogen-bond acceptors (Lipinski definition) is 3. The Kier molecular flexibility index (Phi) is 3.25. The number of carbonyl (C=O) groups excluding carboxylic acids is 1. The summed E-state index contributed by atoms with van der Waals surface area (Å²) in [6, 6.07) is 3.56. The van der Waals surface area contributed by atoms with Crippen molar-refractivity contribution in [2.45, 2.75) is 6.54 Å². The van der Waals surface area contributed by atoms with E-state index in [1.165, 1.54) is 7.11 Å². The van der Waals surface area contributed by atoms with Gasteiger partial charge in [0.2, 0.25) is 6.54 Å². The first-order valence-electron chi connectivity index (χ1n) is 3.86. The lowest BCUT2D eigenvalue weighted by atomic mass is 10.4. The molecule has 0 saturated heterocycles. The van der Waals surface area contributed by atoms with Crippen molar-refractivity contribution in [2.24, 2.45) is 0 Å². The Bertz CT molecular complexity index is 281.